The maximum atomic E-state index is 13.7. The van der Waals surface area contributed by atoms with E-state index in [-0.39, 0.29) is 5.91 Å². The van der Waals surface area contributed by atoms with Crippen LogP contribution in [0.25, 0.3) is 0 Å². The first-order valence-electron chi connectivity index (χ1n) is 13.1. The van der Waals surface area contributed by atoms with E-state index in [0.29, 0.717) is 19.0 Å². The molecule has 35 heavy (non-hydrogen) atoms. The Balaban J connectivity index is 1.49. The van der Waals surface area contributed by atoms with Gasteiger partial charge in [-0.25, -0.2) is 0 Å². The van der Waals surface area contributed by atoms with Crippen LogP contribution in [-0.4, -0.2) is 66.6 Å². The van der Waals surface area contributed by atoms with Gasteiger partial charge in [-0.05, 0) is 79.1 Å². The van der Waals surface area contributed by atoms with Crippen molar-refractivity contribution < 1.29 is 4.79 Å². The third-order valence-corrected chi connectivity index (χ3v) is 7.62. The number of piperazine rings is 1. The van der Waals surface area contributed by atoms with E-state index in [2.05, 4.69) is 79.9 Å². The predicted octanol–water partition coefficient (Wildman–Crippen LogP) is 5.06. The number of carbonyl (C=O) groups excluding carboxylic acids is 1. The molecule has 0 atom stereocenters. The molecule has 1 amide bonds. The molecule has 2 aliphatic heterocycles. The number of hydrogen-bond donors (Lipinski definition) is 0. The molecule has 1 fully saturated rings. The van der Waals surface area contributed by atoms with Crippen LogP contribution in [0.2, 0.25) is 0 Å². The number of hydrogen-bond acceptors (Lipinski definition) is 4. The molecule has 2 aliphatic rings. The molecule has 2 aromatic rings. The van der Waals surface area contributed by atoms with Crippen molar-refractivity contribution in [2.45, 2.75) is 60.2 Å². The molecule has 5 heteroatoms. The first-order chi connectivity index (χ1) is 16.7. The SMILES string of the molecule is C/N=C(/CCC(C)C)c1cc(C(=O)N2Cc3ccc(CN4CCN(C)CC4)cc3C2)c(C)cc1C. The van der Waals surface area contributed by atoms with E-state index in [1.54, 1.807) is 0 Å². The zero-order valence-electron chi connectivity index (χ0n) is 22.5. The lowest BCUT2D eigenvalue weighted by molar-refractivity contribution is 0.0750. The van der Waals surface area contributed by atoms with Gasteiger partial charge in [-0.3, -0.25) is 14.7 Å². The number of aliphatic imine (C=N–C) groups is 1. The van der Waals surface area contributed by atoms with Crippen molar-refractivity contribution in [1.29, 1.82) is 0 Å². The van der Waals surface area contributed by atoms with Crippen molar-refractivity contribution >= 4 is 11.6 Å². The van der Waals surface area contributed by atoms with Gasteiger partial charge in [-0.1, -0.05) is 38.1 Å². The van der Waals surface area contributed by atoms with E-state index in [9.17, 15) is 4.79 Å². The molecule has 0 radical (unpaired) electrons. The van der Waals surface area contributed by atoms with Gasteiger partial charge in [0, 0.05) is 64.1 Å². The molecule has 4 rings (SSSR count). The van der Waals surface area contributed by atoms with Gasteiger partial charge >= 0.3 is 0 Å². The molecule has 1 saturated heterocycles. The molecule has 5 nitrogen and oxygen atoms in total. The minimum Gasteiger partial charge on any atom is -0.330 e. The number of aryl methyl sites for hydroxylation is 2. The lowest BCUT2D eigenvalue weighted by atomic mass is 9.93. The van der Waals surface area contributed by atoms with Crippen LogP contribution in [0, 0.1) is 19.8 Å². The molecule has 0 spiro atoms. The van der Waals surface area contributed by atoms with E-state index in [0.717, 1.165) is 68.0 Å². The minimum absolute atomic E-state index is 0.125. The summed E-state index contributed by atoms with van der Waals surface area (Å²) in [5, 5.41) is 0. The summed E-state index contributed by atoms with van der Waals surface area (Å²) in [5.74, 6) is 0.753. The monoisotopic (exact) mass is 474 g/mol. The zero-order chi connectivity index (χ0) is 25.1. The van der Waals surface area contributed by atoms with Crippen molar-refractivity contribution in [3.05, 3.63) is 69.3 Å². The average Bonchev–Trinajstić information content (AvgIpc) is 3.25. The van der Waals surface area contributed by atoms with Gasteiger partial charge < -0.3 is 9.80 Å². The Morgan fingerprint density at radius 2 is 1.63 bits per heavy atom. The summed E-state index contributed by atoms with van der Waals surface area (Å²) in [5.41, 5.74) is 9.19. The van der Waals surface area contributed by atoms with Gasteiger partial charge in [-0.15, -0.1) is 0 Å². The predicted molar refractivity (Wildman–Crippen MR) is 145 cm³/mol. The molecule has 0 N–H and O–H groups in total. The number of amides is 1. The molecule has 188 valence electrons. The lowest BCUT2D eigenvalue weighted by Crippen LogP contribution is -2.43. The molecular formula is C30H42N4O. The van der Waals surface area contributed by atoms with E-state index in [1.807, 2.05) is 11.9 Å². The molecule has 0 aromatic heterocycles. The lowest BCUT2D eigenvalue weighted by Gasteiger charge is -2.32. The Bertz CT molecular complexity index is 1100. The second-order valence-electron chi connectivity index (χ2n) is 10.9. The summed E-state index contributed by atoms with van der Waals surface area (Å²) in [6.07, 6.45) is 2.04. The normalized spacial score (nSPS) is 17.3. The largest absolute Gasteiger partial charge is 0.330 e. The number of fused-ring (bicyclic) bond motifs is 1. The molecule has 0 saturated carbocycles. The van der Waals surface area contributed by atoms with E-state index in [4.69, 9.17) is 0 Å². The number of rotatable bonds is 7. The Kier molecular flexibility index (Phi) is 8.08. The molecular weight excluding hydrogens is 432 g/mol. The van der Waals surface area contributed by atoms with Crippen molar-refractivity contribution in [2.24, 2.45) is 10.9 Å². The van der Waals surface area contributed by atoms with Crippen LogP contribution >= 0.6 is 0 Å². The topological polar surface area (TPSA) is 39.2 Å². The van der Waals surface area contributed by atoms with Gasteiger partial charge in [0.05, 0.1) is 0 Å². The standard InChI is InChI=1S/C30H42N4O/c1-21(2)7-10-29(31-5)27-17-28(23(4)15-22(27)3)30(35)34-19-25-9-8-24(16-26(25)20-34)18-33-13-11-32(6)12-14-33/h8-9,15-17,21H,7,10-14,18-20H2,1-6H3/b31-29-. The smallest absolute Gasteiger partial charge is 0.254 e. The van der Waals surface area contributed by atoms with Crippen molar-refractivity contribution in [3.63, 3.8) is 0 Å². The first-order valence-corrected chi connectivity index (χ1v) is 13.1. The maximum Gasteiger partial charge on any atom is 0.254 e. The number of carbonyl (C=O) groups is 1. The van der Waals surface area contributed by atoms with E-state index >= 15 is 0 Å². The van der Waals surface area contributed by atoms with Crippen LogP contribution in [0.5, 0.6) is 0 Å². The van der Waals surface area contributed by atoms with Gasteiger partial charge in [0.15, 0.2) is 0 Å². The summed E-state index contributed by atoms with van der Waals surface area (Å²) in [6, 6.07) is 11.0. The summed E-state index contributed by atoms with van der Waals surface area (Å²) < 4.78 is 0. The third kappa shape index (κ3) is 6.02. The molecule has 0 bridgehead atoms. The number of benzene rings is 2. The van der Waals surface area contributed by atoms with E-state index in [1.165, 1.54) is 22.3 Å². The highest BCUT2D eigenvalue weighted by atomic mass is 16.2. The second kappa shape index (κ2) is 11.0. The summed E-state index contributed by atoms with van der Waals surface area (Å²) in [7, 11) is 4.06. The van der Waals surface area contributed by atoms with Crippen LogP contribution in [-0.2, 0) is 19.6 Å². The fraction of sp³-hybridized carbons (Fsp3) is 0.533. The second-order valence-corrected chi connectivity index (χ2v) is 10.9. The Labute approximate surface area is 211 Å². The fourth-order valence-electron chi connectivity index (χ4n) is 5.31. The molecule has 0 unspecified atom stereocenters. The summed E-state index contributed by atoms with van der Waals surface area (Å²) in [4.78, 5) is 25.2. The highest BCUT2D eigenvalue weighted by Gasteiger charge is 2.27. The third-order valence-electron chi connectivity index (χ3n) is 7.62. The van der Waals surface area contributed by atoms with Crippen LogP contribution in [0.3, 0.4) is 0 Å². The molecule has 2 heterocycles. The molecule has 2 aromatic carbocycles. The minimum atomic E-state index is 0.125. The highest BCUT2D eigenvalue weighted by Crippen LogP contribution is 2.28. The Hall–Kier alpha value is -2.50. The highest BCUT2D eigenvalue weighted by molar-refractivity contribution is 6.05. The number of likely N-dealkylation sites (N-methyl/N-ethyl adjacent to an activating group) is 1. The quantitative estimate of drug-likeness (QED) is 0.527. The first kappa shape index (κ1) is 25.6. The van der Waals surface area contributed by atoms with Crippen LogP contribution in [0.4, 0.5) is 0 Å². The van der Waals surface area contributed by atoms with Gasteiger partial charge in [0.25, 0.3) is 5.91 Å². The zero-order valence-corrected chi connectivity index (χ0v) is 22.5. The van der Waals surface area contributed by atoms with Gasteiger partial charge in [0.2, 0.25) is 0 Å². The van der Waals surface area contributed by atoms with Gasteiger partial charge in [-0.2, -0.15) is 0 Å². The van der Waals surface area contributed by atoms with Crippen molar-refractivity contribution in [2.75, 3.05) is 40.3 Å². The summed E-state index contributed by atoms with van der Waals surface area (Å²) in [6.45, 7) is 15.5. The summed E-state index contributed by atoms with van der Waals surface area (Å²) >= 11 is 0. The number of nitrogens with zero attached hydrogens (tertiary/aromatic N) is 4. The Morgan fingerprint density at radius 1 is 0.943 bits per heavy atom. The van der Waals surface area contributed by atoms with E-state index < -0.39 is 0 Å². The fourth-order valence-corrected chi connectivity index (χ4v) is 5.31. The Morgan fingerprint density at radius 3 is 2.31 bits per heavy atom. The van der Waals surface area contributed by atoms with Crippen molar-refractivity contribution in [1.82, 2.24) is 14.7 Å². The van der Waals surface area contributed by atoms with Gasteiger partial charge in [0.1, 0.15) is 0 Å². The maximum absolute atomic E-state index is 13.7. The van der Waals surface area contributed by atoms with Crippen molar-refractivity contribution in [3.8, 4) is 0 Å². The molecule has 0 aliphatic carbocycles. The average molecular weight is 475 g/mol. The van der Waals surface area contributed by atoms with Crippen LogP contribution in [0.1, 0.15) is 70.4 Å². The van der Waals surface area contributed by atoms with Crippen LogP contribution in [0.15, 0.2) is 35.3 Å². The van der Waals surface area contributed by atoms with Crippen LogP contribution < -0.4 is 0 Å².